The number of aryl methyl sites for hydroxylation is 1. The molecule has 0 bridgehead atoms. The molecule has 150 valence electrons. The first-order chi connectivity index (χ1) is 12.7. The van der Waals surface area contributed by atoms with Crippen molar-refractivity contribution in [2.45, 2.75) is 72.1 Å². The molecule has 1 aromatic rings. The van der Waals surface area contributed by atoms with Gasteiger partial charge < -0.3 is 20.5 Å². The van der Waals surface area contributed by atoms with Gasteiger partial charge in [0.2, 0.25) is 11.8 Å². The first-order valence-corrected chi connectivity index (χ1v) is 9.66. The van der Waals surface area contributed by atoms with Crippen LogP contribution < -0.4 is 16.0 Å². The van der Waals surface area contributed by atoms with Gasteiger partial charge in [-0.05, 0) is 39.5 Å². The maximum atomic E-state index is 12.5. The molecule has 0 spiro atoms. The maximum absolute atomic E-state index is 12.5. The van der Waals surface area contributed by atoms with Gasteiger partial charge in [-0.3, -0.25) is 14.4 Å². The lowest BCUT2D eigenvalue weighted by Crippen LogP contribution is -2.55. The molecule has 2 heterocycles. The van der Waals surface area contributed by atoms with Crippen LogP contribution in [0, 0.1) is 11.8 Å². The Hall–Kier alpha value is -2.38. The van der Waals surface area contributed by atoms with E-state index in [1.165, 1.54) is 0 Å². The molecule has 4 atom stereocenters. The van der Waals surface area contributed by atoms with Gasteiger partial charge in [0, 0.05) is 30.9 Å². The number of rotatable bonds is 7. The molecule has 1 aromatic heterocycles. The molecule has 0 saturated carbocycles. The predicted octanol–water partition coefficient (Wildman–Crippen LogP) is 1.08. The number of nitrogens with zero attached hydrogens (tertiary/aromatic N) is 2. The second kappa shape index (κ2) is 9.01. The minimum Gasteiger partial charge on any atom is -0.352 e. The van der Waals surface area contributed by atoms with Gasteiger partial charge in [-0.15, -0.1) is 0 Å². The minimum atomic E-state index is -0.675. The number of carbonyl (C=O) groups excluding carboxylic acids is 3. The van der Waals surface area contributed by atoms with Gasteiger partial charge in [0.05, 0.1) is 6.33 Å². The second-order valence-corrected chi connectivity index (χ2v) is 7.64. The molecule has 0 aliphatic carbocycles. The minimum absolute atomic E-state index is 0.125. The topological polar surface area (TPSA) is 105 Å². The van der Waals surface area contributed by atoms with Crippen molar-refractivity contribution in [1.82, 2.24) is 25.5 Å². The summed E-state index contributed by atoms with van der Waals surface area (Å²) in [4.78, 5) is 41.1. The van der Waals surface area contributed by atoms with Crippen molar-refractivity contribution in [3.8, 4) is 0 Å². The lowest BCUT2D eigenvalue weighted by Gasteiger charge is -2.32. The molecule has 8 nitrogen and oxygen atoms in total. The van der Waals surface area contributed by atoms with E-state index in [-0.39, 0.29) is 35.8 Å². The van der Waals surface area contributed by atoms with E-state index in [9.17, 15) is 14.4 Å². The average Bonchev–Trinajstić information content (AvgIpc) is 3.10. The van der Waals surface area contributed by atoms with Crippen LogP contribution in [0.15, 0.2) is 12.5 Å². The van der Waals surface area contributed by atoms with Crippen molar-refractivity contribution in [2.24, 2.45) is 11.8 Å². The first-order valence-electron chi connectivity index (χ1n) is 9.66. The molecule has 2 rings (SSSR count). The van der Waals surface area contributed by atoms with Gasteiger partial charge >= 0.3 is 0 Å². The van der Waals surface area contributed by atoms with E-state index in [0.29, 0.717) is 18.0 Å². The third kappa shape index (κ3) is 5.30. The van der Waals surface area contributed by atoms with Crippen LogP contribution in [-0.4, -0.2) is 45.4 Å². The summed E-state index contributed by atoms with van der Waals surface area (Å²) >= 11 is 0. The molecular formula is C19H31N5O3. The SMILES string of the molecule is CCn1cnc(C(=O)NC(C)C(C)NC(=O)C2CCC(C(C)C)NC2=O)c1. The highest BCUT2D eigenvalue weighted by Crippen LogP contribution is 2.20. The Morgan fingerprint density at radius 2 is 1.89 bits per heavy atom. The van der Waals surface area contributed by atoms with Crippen LogP contribution in [0.5, 0.6) is 0 Å². The molecule has 1 aliphatic rings. The Morgan fingerprint density at radius 1 is 1.22 bits per heavy atom. The lowest BCUT2D eigenvalue weighted by molar-refractivity contribution is -0.138. The van der Waals surface area contributed by atoms with E-state index in [1.807, 2.05) is 25.3 Å². The van der Waals surface area contributed by atoms with E-state index in [0.717, 1.165) is 13.0 Å². The molecular weight excluding hydrogens is 346 g/mol. The average molecular weight is 377 g/mol. The normalized spacial score (nSPS) is 22.1. The van der Waals surface area contributed by atoms with Gasteiger partial charge in [-0.1, -0.05) is 13.8 Å². The van der Waals surface area contributed by atoms with Crippen LogP contribution in [-0.2, 0) is 16.1 Å². The highest BCUT2D eigenvalue weighted by molar-refractivity contribution is 6.01. The van der Waals surface area contributed by atoms with Gasteiger partial charge in [-0.2, -0.15) is 0 Å². The van der Waals surface area contributed by atoms with Crippen LogP contribution in [0.2, 0.25) is 0 Å². The number of carbonyl (C=O) groups is 3. The fourth-order valence-electron chi connectivity index (χ4n) is 3.09. The summed E-state index contributed by atoms with van der Waals surface area (Å²) in [5.74, 6) is -1.12. The molecule has 1 fully saturated rings. The number of nitrogens with one attached hydrogen (secondary N) is 3. The number of hydrogen-bond donors (Lipinski definition) is 3. The molecule has 4 unspecified atom stereocenters. The molecule has 8 heteroatoms. The Labute approximate surface area is 160 Å². The summed E-state index contributed by atoms with van der Waals surface area (Å²) in [5.41, 5.74) is 0.341. The van der Waals surface area contributed by atoms with Crippen LogP contribution in [0.25, 0.3) is 0 Å². The van der Waals surface area contributed by atoms with Crippen LogP contribution in [0.1, 0.15) is 57.9 Å². The highest BCUT2D eigenvalue weighted by Gasteiger charge is 2.35. The Bertz CT molecular complexity index is 685. The molecule has 1 saturated heterocycles. The van der Waals surface area contributed by atoms with E-state index in [2.05, 4.69) is 34.8 Å². The Kier molecular flexibility index (Phi) is 6.98. The standard InChI is InChI=1S/C19H31N5O3/c1-6-24-9-16(20-10-24)19(27)22-13(5)12(4)21-17(25)14-7-8-15(11(2)3)23-18(14)26/h9-15H,6-8H2,1-5H3,(H,21,25)(H,22,27)(H,23,26). The van der Waals surface area contributed by atoms with Gasteiger partial charge in [0.25, 0.3) is 5.91 Å². The van der Waals surface area contributed by atoms with Crippen molar-refractivity contribution in [3.05, 3.63) is 18.2 Å². The molecule has 1 aliphatic heterocycles. The zero-order chi connectivity index (χ0) is 20.1. The predicted molar refractivity (Wildman–Crippen MR) is 102 cm³/mol. The summed E-state index contributed by atoms with van der Waals surface area (Å²) in [6.45, 7) is 10.4. The smallest absolute Gasteiger partial charge is 0.271 e. The summed E-state index contributed by atoms with van der Waals surface area (Å²) in [5, 5.41) is 8.63. The van der Waals surface area contributed by atoms with Crippen molar-refractivity contribution in [2.75, 3.05) is 0 Å². The zero-order valence-corrected chi connectivity index (χ0v) is 16.8. The highest BCUT2D eigenvalue weighted by atomic mass is 16.2. The van der Waals surface area contributed by atoms with Gasteiger partial charge in [0.15, 0.2) is 0 Å². The maximum Gasteiger partial charge on any atom is 0.271 e. The molecule has 27 heavy (non-hydrogen) atoms. The van der Waals surface area contributed by atoms with Crippen molar-refractivity contribution in [3.63, 3.8) is 0 Å². The second-order valence-electron chi connectivity index (χ2n) is 7.64. The summed E-state index contributed by atoms with van der Waals surface area (Å²) in [7, 11) is 0. The fourth-order valence-corrected chi connectivity index (χ4v) is 3.09. The third-order valence-electron chi connectivity index (χ3n) is 5.24. The molecule has 0 aromatic carbocycles. The van der Waals surface area contributed by atoms with Crippen molar-refractivity contribution < 1.29 is 14.4 Å². The van der Waals surface area contributed by atoms with E-state index >= 15 is 0 Å². The summed E-state index contributed by atoms with van der Waals surface area (Å²) in [6, 6.07) is -0.492. The third-order valence-corrected chi connectivity index (χ3v) is 5.24. The Balaban J connectivity index is 1.86. The zero-order valence-electron chi connectivity index (χ0n) is 16.8. The molecule has 3 N–H and O–H groups in total. The van der Waals surface area contributed by atoms with Crippen molar-refractivity contribution >= 4 is 17.7 Å². The largest absolute Gasteiger partial charge is 0.352 e. The fraction of sp³-hybridized carbons (Fsp3) is 0.684. The monoisotopic (exact) mass is 377 g/mol. The molecule has 3 amide bonds. The van der Waals surface area contributed by atoms with Crippen LogP contribution in [0.4, 0.5) is 0 Å². The molecule has 0 radical (unpaired) electrons. The van der Waals surface area contributed by atoms with Crippen LogP contribution >= 0.6 is 0 Å². The number of amides is 3. The summed E-state index contributed by atoms with van der Waals surface area (Å²) in [6.07, 6.45) is 4.63. The lowest BCUT2D eigenvalue weighted by atomic mass is 9.88. The quantitative estimate of drug-likeness (QED) is 0.618. The van der Waals surface area contributed by atoms with Gasteiger partial charge in [-0.25, -0.2) is 4.98 Å². The number of piperidine rings is 1. The number of aromatic nitrogens is 2. The summed E-state index contributed by atoms with van der Waals surface area (Å²) < 4.78 is 1.82. The number of hydrogen-bond acceptors (Lipinski definition) is 4. The van der Waals surface area contributed by atoms with Crippen molar-refractivity contribution in [1.29, 1.82) is 0 Å². The first kappa shape index (κ1) is 20.9. The van der Waals surface area contributed by atoms with E-state index < -0.39 is 5.92 Å². The van der Waals surface area contributed by atoms with Crippen LogP contribution in [0.3, 0.4) is 0 Å². The van der Waals surface area contributed by atoms with Gasteiger partial charge in [0.1, 0.15) is 11.6 Å². The number of imidazole rings is 1. The van der Waals surface area contributed by atoms with E-state index in [4.69, 9.17) is 0 Å². The van der Waals surface area contributed by atoms with E-state index in [1.54, 1.807) is 12.5 Å². The Morgan fingerprint density at radius 3 is 2.44 bits per heavy atom.